The van der Waals surface area contributed by atoms with E-state index in [4.69, 9.17) is 0 Å². The number of hydrogen-bond donors (Lipinski definition) is 1. The van der Waals surface area contributed by atoms with Crippen LogP contribution in [0.5, 0.6) is 0 Å². The summed E-state index contributed by atoms with van der Waals surface area (Å²) < 4.78 is 1.80. The molecule has 4 heteroatoms. The number of anilines is 1. The molecular formula is C14H14N4. The molecule has 2 heterocycles. The molecule has 0 spiro atoms. The van der Waals surface area contributed by atoms with Gasteiger partial charge in [-0.15, -0.1) is 0 Å². The van der Waals surface area contributed by atoms with Crippen LogP contribution in [0, 0.1) is 0 Å². The molecule has 0 saturated carbocycles. The van der Waals surface area contributed by atoms with Crippen molar-refractivity contribution >= 4 is 16.7 Å². The van der Waals surface area contributed by atoms with Crippen molar-refractivity contribution in [1.29, 1.82) is 0 Å². The van der Waals surface area contributed by atoms with E-state index in [0.717, 1.165) is 22.4 Å². The highest BCUT2D eigenvalue weighted by Crippen LogP contribution is 2.14. The fourth-order valence-corrected chi connectivity index (χ4v) is 1.90. The molecule has 0 radical (unpaired) electrons. The van der Waals surface area contributed by atoms with Gasteiger partial charge in [0.1, 0.15) is 5.82 Å². The van der Waals surface area contributed by atoms with Gasteiger partial charge in [0.2, 0.25) is 0 Å². The number of aromatic nitrogens is 3. The molecule has 0 aliphatic heterocycles. The number of nitrogens with zero attached hydrogens (tertiary/aromatic N) is 3. The Morgan fingerprint density at radius 2 is 2.00 bits per heavy atom. The van der Waals surface area contributed by atoms with Gasteiger partial charge in [0.15, 0.2) is 0 Å². The molecule has 90 valence electrons. The Kier molecular flexibility index (Phi) is 2.68. The van der Waals surface area contributed by atoms with Crippen LogP contribution in [0.4, 0.5) is 5.82 Å². The van der Waals surface area contributed by atoms with Crippen LogP contribution in [0.15, 0.2) is 48.7 Å². The summed E-state index contributed by atoms with van der Waals surface area (Å²) in [6, 6.07) is 14.2. The molecule has 18 heavy (non-hydrogen) atoms. The molecule has 0 fully saturated rings. The average Bonchev–Trinajstić information content (AvgIpc) is 2.82. The first-order valence-corrected chi connectivity index (χ1v) is 5.89. The largest absolute Gasteiger partial charge is 0.364 e. The van der Waals surface area contributed by atoms with Crippen LogP contribution in [-0.2, 0) is 13.6 Å². The second kappa shape index (κ2) is 4.49. The van der Waals surface area contributed by atoms with Gasteiger partial charge in [-0.3, -0.25) is 4.68 Å². The van der Waals surface area contributed by atoms with Crippen LogP contribution in [0.3, 0.4) is 0 Å². The first-order chi connectivity index (χ1) is 8.81. The third-order valence-corrected chi connectivity index (χ3v) is 2.82. The number of rotatable bonds is 3. The predicted molar refractivity (Wildman–Crippen MR) is 72.3 cm³/mol. The molecular weight excluding hydrogens is 224 g/mol. The average molecular weight is 238 g/mol. The summed E-state index contributed by atoms with van der Waals surface area (Å²) in [7, 11) is 1.91. The van der Waals surface area contributed by atoms with Crippen LogP contribution in [-0.4, -0.2) is 14.8 Å². The fourth-order valence-electron chi connectivity index (χ4n) is 1.90. The van der Waals surface area contributed by atoms with Gasteiger partial charge < -0.3 is 5.32 Å². The Bertz CT molecular complexity index is 672. The van der Waals surface area contributed by atoms with Crippen LogP contribution in [0.25, 0.3) is 10.9 Å². The number of aryl methyl sites for hydroxylation is 1. The summed E-state index contributed by atoms with van der Waals surface area (Å²) >= 11 is 0. The lowest BCUT2D eigenvalue weighted by atomic mass is 10.2. The molecule has 3 rings (SSSR count). The minimum absolute atomic E-state index is 0.687. The van der Waals surface area contributed by atoms with E-state index in [1.807, 2.05) is 43.6 Å². The summed E-state index contributed by atoms with van der Waals surface area (Å²) in [6.45, 7) is 0.687. The normalized spacial score (nSPS) is 10.7. The molecule has 1 aromatic carbocycles. The van der Waals surface area contributed by atoms with Gasteiger partial charge in [0, 0.05) is 18.6 Å². The lowest BCUT2D eigenvalue weighted by molar-refractivity contribution is 0.747. The van der Waals surface area contributed by atoms with E-state index in [1.54, 1.807) is 4.68 Å². The summed E-state index contributed by atoms with van der Waals surface area (Å²) in [5, 5.41) is 8.75. The summed E-state index contributed by atoms with van der Waals surface area (Å²) in [5.74, 6) is 0.874. The van der Waals surface area contributed by atoms with E-state index in [9.17, 15) is 0 Å². The topological polar surface area (TPSA) is 42.7 Å². The Morgan fingerprint density at radius 3 is 2.83 bits per heavy atom. The second-order valence-corrected chi connectivity index (χ2v) is 4.22. The summed E-state index contributed by atoms with van der Waals surface area (Å²) in [5.41, 5.74) is 2.01. The lowest BCUT2D eigenvalue weighted by Gasteiger charge is -2.04. The third kappa shape index (κ3) is 2.18. The van der Waals surface area contributed by atoms with E-state index in [2.05, 4.69) is 27.5 Å². The summed E-state index contributed by atoms with van der Waals surface area (Å²) in [4.78, 5) is 4.55. The highest BCUT2D eigenvalue weighted by molar-refractivity contribution is 5.79. The smallest absolute Gasteiger partial charge is 0.126 e. The standard InChI is InChI=1S/C14H14N4/c1-18-9-8-12(17-18)10-15-14-7-6-11-4-2-3-5-13(11)16-14/h2-9H,10H2,1H3,(H,15,16). The molecule has 0 amide bonds. The van der Waals surface area contributed by atoms with Gasteiger partial charge in [0.05, 0.1) is 17.8 Å². The Balaban J connectivity index is 1.78. The number of fused-ring (bicyclic) bond motifs is 1. The molecule has 1 N–H and O–H groups in total. The van der Waals surface area contributed by atoms with Gasteiger partial charge >= 0.3 is 0 Å². The van der Waals surface area contributed by atoms with E-state index in [-0.39, 0.29) is 0 Å². The van der Waals surface area contributed by atoms with Crippen molar-refractivity contribution in [2.45, 2.75) is 6.54 Å². The molecule has 3 aromatic rings. The van der Waals surface area contributed by atoms with Gasteiger partial charge in [0.25, 0.3) is 0 Å². The first-order valence-electron chi connectivity index (χ1n) is 5.89. The highest BCUT2D eigenvalue weighted by atomic mass is 15.3. The minimum atomic E-state index is 0.687. The Labute approximate surface area is 105 Å². The Morgan fingerprint density at radius 1 is 1.11 bits per heavy atom. The monoisotopic (exact) mass is 238 g/mol. The van der Waals surface area contributed by atoms with Crippen molar-refractivity contribution in [2.75, 3.05) is 5.32 Å². The SMILES string of the molecule is Cn1ccc(CNc2ccc3ccccc3n2)n1. The number of pyridine rings is 1. The van der Waals surface area contributed by atoms with E-state index in [0.29, 0.717) is 6.54 Å². The molecule has 0 atom stereocenters. The van der Waals surface area contributed by atoms with Crippen molar-refractivity contribution in [2.24, 2.45) is 7.05 Å². The van der Waals surface area contributed by atoms with E-state index >= 15 is 0 Å². The van der Waals surface area contributed by atoms with Gasteiger partial charge in [-0.05, 0) is 24.3 Å². The van der Waals surface area contributed by atoms with Crippen LogP contribution in [0.2, 0.25) is 0 Å². The molecule has 2 aromatic heterocycles. The van der Waals surface area contributed by atoms with Crippen LogP contribution in [0.1, 0.15) is 5.69 Å². The van der Waals surface area contributed by atoms with Crippen molar-refractivity contribution in [3.63, 3.8) is 0 Å². The first kappa shape index (κ1) is 10.8. The third-order valence-electron chi connectivity index (χ3n) is 2.82. The van der Waals surface area contributed by atoms with Crippen molar-refractivity contribution in [3.05, 3.63) is 54.4 Å². The minimum Gasteiger partial charge on any atom is -0.364 e. The molecule has 0 saturated heterocycles. The van der Waals surface area contributed by atoms with Crippen molar-refractivity contribution in [3.8, 4) is 0 Å². The van der Waals surface area contributed by atoms with E-state index < -0.39 is 0 Å². The Hall–Kier alpha value is -2.36. The fraction of sp³-hybridized carbons (Fsp3) is 0.143. The molecule has 0 aliphatic rings. The second-order valence-electron chi connectivity index (χ2n) is 4.22. The van der Waals surface area contributed by atoms with Crippen LogP contribution < -0.4 is 5.32 Å². The zero-order valence-corrected chi connectivity index (χ0v) is 10.2. The van der Waals surface area contributed by atoms with Crippen molar-refractivity contribution in [1.82, 2.24) is 14.8 Å². The zero-order valence-electron chi connectivity index (χ0n) is 10.2. The van der Waals surface area contributed by atoms with Crippen LogP contribution >= 0.6 is 0 Å². The highest BCUT2D eigenvalue weighted by Gasteiger charge is 1.99. The van der Waals surface area contributed by atoms with E-state index in [1.165, 1.54) is 0 Å². The maximum Gasteiger partial charge on any atom is 0.126 e. The van der Waals surface area contributed by atoms with Gasteiger partial charge in [-0.1, -0.05) is 18.2 Å². The molecule has 0 unspecified atom stereocenters. The van der Waals surface area contributed by atoms with Gasteiger partial charge in [-0.25, -0.2) is 4.98 Å². The number of nitrogens with one attached hydrogen (secondary N) is 1. The number of benzene rings is 1. The lowest BCUT2D eigenvalue weighted by Crippen LogP contribution is -2.02. The molecule has 4 nitrogen and oxygen atoms in total. The number of para-hydroxylation sites is 1. The van der Waals surface area contributed by atoms with Gasteiger partial charge in [-0.2, -0.15) is 5.10 Å². The predicted octanol–water partition coefficient (Wildman–Crippen LogP) is 2.58. The maximum atomic E-state index is 4.55. The molecule has 0 aliphatic carbocycles. The number of hydrogen-bond acceptors (Lipinski definition) is 3. The molecule has 0 bridgehead atoms. The quantitative estimate of drug-likeness (QED) is 0.762. The van der Waals surface area contributed by atoms with Crippen molar-refractivity contribution < 1.29 is 0 Å². The summed E-state index contributed by atoms with van der Waals surface area (Å²) in [6.07, 6.45) is 1.94. The zero-order chi connectivity index (χ0) is 12.4. The maximum absolute atomic E-state index is 4.55.